The standard InChI is InChI=1S/C53H64F6N8O2/c1-50(2)18-6-9-36-25-38(10-7-21-61-60-4)47(63-45(36)50)65(5)22-8-19-51(3)20-17-37-26-39(48(64-46(37)51)67(29-33-11-12-33)30-34-13-14-34)32-66(42-15-16-43-44(28-42)69-49(68)62-43)31-35-23-40(52(54,55)56)27-41(24-35)53(57,58)59/h15-16,23-28,33-34H,6-14,17-22,29-32H2,1-5H3,(H,62,68). The summed E-state index contributed by atoms with van der Waals surface area (Å²) in [4.78, 5) is 32.4. The Hall–Kier alpha value is -5.41. The highest BCUT2D eigenvalue weighted by molar-refractivity contribution is 5.77. The molecule has 0 spiro atoms. The average molecular weight is 959 g/mol. The summed E-state index contributed by atoms with van der Waals surface area (Å²) < 4.78 is 90.4. The van der Waals surface area contributed by atoms with E-state index in [9.17, 15) is 31.1 Å². The van der Waals surface area contributed by atoms with Gasteiger partial charge in [-0.2, -0.15) is 36.6 Å². The highest BCUT2D eigenvalue weighted by Gasteiger charge is 2.40. The van der Waals surface area contributed by atoms with E-state index in [2.05, 4.69) is 65.0 Å². The molecule has 0 aliphatic heterocycles. The number of oxazole rings is 1. The van der Waals surface area contributed by atoms with Gasteiger partial charge in [-0.1, -0.05) is 26.8 Å². The van der Waals surface area contributed by atoms with Gasteiger partial charge in [0, 0.05) is 75.0 Å². The minimum Gasteiger partial charge on any atom is -0.408 e. The third kappa shape index (κ3) is 11.1. The van der Waals surface area contributed by atoms with Gasteiger partial charge in [0.25, 0.3) is 0 Å². The van der Waals surface area contributed by atoms with Crippen LogP contribution in [0.15, 0.2) is 68.0 Å². The molecule has 16 heteroatoms. The molecule has 0 bridgehead atoms. The fraction of sp³-hybridized carbons (Fsp3) is 0.566. The van der Waals surface area contributed by atoms with Crippen molar-refractivity contribution in [2.24, 2.45) is 22.1 Å². The Bertz CT molecular complexity index is 2710. The fourth-order valence-electron chi connectivity index (χ4n) is 10.8. The summed E-state index contributed by atoms with van der Waals surface area (Å²) in [6.45, 7) is 9.90. The van der Waals surface area contributed by atoms with Crippen LogP contribution in [0, 0.1) is 11.8 Å². The molecule has 0 amide bonds. The number of azo groups is 1. The Morgan fingerprint density at radius 1 is 0.783 bits per heavy atom. The van der Waals surface area contributed by atoms with E-state index >= 15 is 0 Å². The van der Waals surface area contributed by atoms with Gasteiger partial charge in [0.15, 0.2) is 5.58 Å². The van der Waals surface area contributed by atoms with Gasteiger partial charge in [0.05, 0.1) is 34.6 Å². The number of rotatable bonds is 19. The van der Waals surface area contributed by atoms with Crippen molar-refractivity contribution >= 4 is 28.4 Å². The summed E-state index contributed by atoms with van der Waals surface area (Å²) in [7, 11) is 3.86. The lowest BCUT2D eigenvalue weighted by Crippen LogP contribution is -2.33. The second-order valence-electron chi connectivity index (χ2n) is 21.2. The average Bonchev–Trinajstić information content (AvgIpc) is 4.23. The number of hydrogen-bond acceptors (Lipinski definition) is 9. The number of aryl methyl sites for hydroxylation is 3. The number of nitrogens with one attached hydrogen (secondary N) is 1. The molecule has 0 saturated heterocycles. The molecule has 69 heavy (non-hydrogen) atoms. The number of benzene rings is 2. The Kier molecular flexibility index (Phi) is 13.4. The molecule has 5 aromatic rings. The highest BCUT2D eigenvalue weighted by atomic mass is 19.4. The zero-order chi connectivity index (χ0) is 48.9. The number of H-pyrrole nitrogens is 1. The predicted molar refractivity (Wildman–Crippen MR) is 257 cm³/mol. The number of fused-ring (bicyclic) bond motifs is 3. The Morgan fingerprint density at radius 3 is 2.12 bits per heavy atom. The molecule has 2 aromatic carbocycles. The van der Waals surface area contributed by atoms with Crippen molar-refractivity contribution in [1.29, 1.82) is 0 Å². The van der Waals surface area contributed by atoms with E-state index in [0.29, 0.717) is 29.6 Å². The van der Waals surface area contributed by atoms with Crippen LogP contribution >= 0.6 is 0 Å². The Balaban J connectivity index is 1.04. The molecule has 10 nitrogen and oxygen atoms in total. The van der Waals surface area contributed by atoms with E-state index in [1.165, 1.54) is 16.8 Å². The summed E-state index contributed by atoms with van der Waals surface area (Å²) in [5, 5.41) is 8.17. The molecule has 1 atom stereocenters. The first-order chi connectivity index (χ1) is 32.8. The lowest BCUT2D eigenvalue weighted by Gasteiger charge is -2.34. The number of nitrogens with zero attached hydrogens (tertiary/aromatic N) is 7. The number of anilines is 3. The lowest BCUT2D eigenvalue weighted by atomic mass is 9.75. The molecule has 370 valence electrons. The maximum Gasteiger partial charge on any atom is 0.417 e. The van der Waals surface area contributed by atoms with Crippen LogP contribution in [0.4, 0.5) is 43.7 Å². The molecule has 4 aliphatic carbocycles. The number of aromatic amines is 1. The first-order valence-electron chi connectivity index (χ1n) is 24.7. The van der Waals surface area contributed by atoms with E-state index in [0.717, 1.165) is 144 Å². The first kappa shape index (κ1) is 48.6. The minimum absolute atomic E-state index is 0.00753. The molecule has 3 heterocycles. The Labute approximate surface area is 400 Å². The number of halogens is 6. The molecule has 2 fully saturated rings. The predicted octanol–water partition coefficient (Wildman–Crippen LogP) is 12.5. The van der Waals surface area contributed by atoms with Gasteiger partial charge >= 0.3 is 18.1 Å². The van der Waals surface area contributed by atoms with Crippen LogP contribution in [-0.4, -0.2) is 55.2 Å². The molecule has 3 aromatic heterocycles. The smallest absolute Gasteiger partial charge is 0.408 e. The van der Waals surface area contributed by atoms with E-state index in [1.54, 1.807) is 30.1 Å². The second kappa shape index (κ2) is 19.1. The highest BCUT2D eigenvalue weighted by Crippen LogP contribution is 2.46. The van der Waals surface area contributed by atoms with Gasteiger partial charge in [-0.25, -0.2) is 14.8 Å². The van der Waals surface area contributed by atoms with Gasteiger partial charge < -0.3 is 19.1 Å². The monoisotopic (exact) mass is 959 g/mol. The Morgan fingerprint density at radius 2 is 1.45 bits per heavy atom. The van der Waals surface area contributed by atoms with Crippen LogP contribution in [0.25, 0.3) is 11.1 Å². The van der Waals surface area contributed by atoms with Gasteiger partial charge in [-0.05, 0) is 154 Å². The van der Waals surface area contributed by atoms with Crippen LogP contribution in [-0.2, 0) is 55.5 Å². The van der Waals surface area contributed by atoms with Crippen molar-refractivity contribution in [2.45, 2.75) is 141 Å². The van der Waals surface area contributed by atoms with Crippen LogP contribution in [0.1, 0.15) is 135 Å². The second-order valence-corrected chi connectivity index (χ2v) is 21.2. The normalized spacial score (nSPS) is 19.1. The van der Waals surface area contributed by atoms with Crippen LogP contribution < -0.4 is 20.5 Å². The molecule has 9 rings (SSSR count). The summed E-state index contributed by atoms with van der Waals surface area (Å²) in [6, 6.07) is 11.3. The van der Waals surface area contributed by atoms with Crippen LogP contribution in [0.2, 0.25) is 0 Å². The topological polar surface area (TPSA) is 106 Å². The third-order valence-corrected chi connectivity index (χ3v) is 15.0. The molecule has 0 radical (unpaired) electrons. The molecule has 1 unspecified atom stereocenters. The zero-order valence-corrected chi connectivity index (χ0v) is 40.4. The summed E-state index contributed by atoms with van der Waals surface area (Å²) in [5.41, 5.74) is 4.84. The van der Waals surface area contributed by atoms with Crippen molar-refractivity contribution in [1.82, 2.24) is 15.0 Å². The maximum absolute atomic E-state index is 14.2. The molecular weight excluding hydrogens is 895 g/mol. The molecule has 2 saturated carbocycles. The number of pyridine rings is 2. The van der Waals surface area contributed by atoms with Crippen molar-refractivity contribution < 1.29 is 30.8 Å². The maximum atomic E-state index is 14.2. The van der Waals surface area contributed by atoms with Crippen molar-refractivity contribution in [3.8, 4) is 0 Å². The van der Waals surface area contributed by atoms with Gasteiger partial charge in [-0.15, -0.1) is 0 Å². The zero-order valence-electron chi connectivity index (χ0n) is 40.4. The van der Waals surface area contributed by atoms with E-state index in [1.807, 2.05) is 0 Å². The van der Waals surface area contributed by atoms with E-state index < -0.39 is 29.2 Å². The van der Waals surface area contributed by atoms with Crippen molar-refractivity contribution in [3.05, 3.63) is 109 Å². The van der Waals surface area contributed by atoms with Crippen molar-refractivity contribution in [2.75, 3.05) is 55.0 Å². The van der Waals surface area contributed by atoms with Crippen molar-refractivity contribution in [3.63, 3.8) is 0 Å². The SMILES string of the molecule is CN=NCCCc1cc2c(nc1N(C)CCCC1(C)CCc3cc(CN(Cc4cc(C(F)(F)F)cc(C(F)(F)F)c4)c4ccc5[nH]c(=O)oc5c4)c(N(CC4CC4)CC4CC4)nc31)C(C)(C)CCC2. The number of alkyl halides is 6. The molecule has 1 N–H and O–H groups in total. The van der Waals surface area contributed by atoms with Crippen LogP contribution in [0.5, 0.6) is 0 Å². The molecule has 4 aliphatic rings. The lowest BCUT2D eigenvalue weighted by molar-refractivity contribution is -0.143. The first-order valence-corrected chi connectivity index (χ1v) is 24.7. The van der Waals surface area contributed by atoms with E-state index in [4.69, 9.17) is 14.4 Å². The molecular formula is C53H64F6N8O2. The third-order valence-electron chi connectivity index (χ3n) is 15.0. The van der Waals surface area contributed by atoms with E-state index in [-0.39, 0.29) is 41.1 Å². The van der Waals surface area contributed by atoms with Gasteiger partial charge in [-0.3, -0.25) is 4.98 Å². The number of hydrogen-bond donors (Lipinski definition) is 1. The quantitative estimate of drug-likeness (QED) is 0.0499. The van der Waals surface area contributed by atoms with Gasteiger partial charge in [0.1, 0.15) is 11.6 Å². The minimum atomic E-state index is -5.00. The summed E-state index contributed by atoms with van der Waals surface area (Å²) >= 11 is 0. The van der Waals surface area contributed by atoms with Gasteiger partial charge in [0.2, 0.25) is 0 Å². The van der Waals surface area contributed by atoms with Crippen LogP contribution in [0.3, 0.4) is 0 Å². The largest absolute Gasteiger partial charge is 0.417 e. The summed E-state index contributed by atoms with van der Waals surface area (Å²) in [6.07, 6.45) is 3.08. The number of aromatic nitrogens is 3. The summed E-state index contributed by atoms with van der Waals surface area (Å²) in [5.74, 6) is 2.24. The fourth-order valence-corrected chi connectivity index (χ4v) is 10.8.